The van der Waals surface area contributed by atoms with Gasteiger partial charge in [0, 0.05) is 65.3 Å². The molecule has 6 unspecified atom stereocenters. The average Bonchev–Trinajstić information content (AvgIpc) is 3.45. The number of alkyl carbamates (subject to hydrolysis) is 1. The molecule has 1 aliphatic rings. The number of nitrogens with one attached hydrogen (secondary N) is 1. The van der Waals surface area contributed by atoms with Crippen molar-refractivity contribution in [1.82, 2.24) is 10.2 Å². The second kappa shape index (κ2) is 75.1. The first-order valence-electron chi connectivity index (χ1n) is 39.0. The number of carbonyl (C=O) groups is 6. The van der Waals surface area contributed by atoms with E-state index in [0.717, 1.165) is 100 Å². The normalized spacial score (nSPS) is 13.7. The molecule has 1 amide bonds. The van der Waals surface area contributed by atoms with Crippen LogP contribution in [0.4, 0.5) is 4.79 Å². The Morgan fingerprint density at radius 1 is 0.479 bits per heavy atom. The quantitative estimate of drug-likeness (QED) is 0.0201. The van der Waals surface area contributed by atoms with Gasteiger partial charge in [-0.05, 0) is 113 Å². The van der Waals surface area contributed by atoms with E-state index in [1.54, 1.807) is 7.11 Å². The topological polar surface area (TPSA) is 173 Å². The molecule has 94 heavy (non-hydrogen) atoms. The summed E-state index contributed by atoms with van der Waals surface area (Å²) >= 11 is 0. The van der Waals surface area contributed by atoms with E-state index in [1.165, 1.54) is 141 Å². The molecule has 0 aromatic carbocycles. The minimum Gasteiger partial charge on any atom is -0.465 e. The monoisotopic (exact) mass is 1340 g/mol. The largest absolute Gasteiger partial charge is 0.465 e. The van der Waals surface area contributed by atoms with Gasteiger partial charge in [-0.15, -0.1) is 12.3 Å². The van der Waals surface area contributed by atoms with Crippen molar-refractivity contribution in [1.29, 1.82) is 0 Å². The summed E-state index contributed by atoms with van der Waals surface area (Å²) in [5, 5.41) is 2.83. The zero-order valence-electron chi connectivity index (χ0n) is 64.3. The molecular formula is C80H154N2O12. The lowest BCUT2D eigenvalue weighted by atomic mass is 9.92. The second-order valence-corrected chi connectivity index (χ2v) is 27.8. The molecule has 0 radical (unpaired) electrons. The number of hydrogen-bond acceptors (Lipinski definition) is 13. The van der Waals surface area contributed by atoms with Gasteiger partial charge in [0.25, 0.3) is 0 Å². The molecule has 1 heterocycles. The predicted molar refractivity (Wildman–Crippen MR) is 394 cm³/mol. The zero-order chi connectivity index (χ0) is 71.1. The Kier molecular flexibility index (Phi) is 77.2. The Bertz CT molecular complexity index is 1670. The van der Waals surface area contributed by atoms with Crippen LogP contribution in [0.25, 0.3) is 0 Å². The SMILES string of the molecule is C#CCCOC(=O)CCCCCC(=O)OCC(COC(=O)CCCCCC=O)COC(=O)CCC(CCCCCC)OC(=O)NCCN1CCCC1.CC.CCCCCC(C)CCCC(C)CCCC(C)C.CCCCCC(C)CCCC(C)CCCC(C)C.CCOC. The first-order chi connectivity index (χ1) is 45.3. The van der Waals surface area contributed by atoms with Crippen molar-refractivity contribution >= 4 is 36.3 Å². The third kappa shape index (κ3) is 75.7. The molecular weight excluding hydrogens is 1180 g/mol. The first-order valence-corrected chi connectivity index (χ1v) is 39.0. The highest BCUT2D eigenvalue weighted by Crippen LogP contribution is 2.24. The van der Waals surface area contributed by atoms with Crippen molar-refractivity contribution in [2.24, 2.45) is 41.4 Å². The molecule has 0 bridgehead atoms. The Labute approximate surface area is 581 Å². The summed E-state index contributed by atoms with van der Waals surface area (Å²) in [7, 11) is 1.68. The average molecular weight is 1340 g/mol. The van der Waals surface area contributed by atoms with Crippen molar-refractivity contribution in [3.05, 3.63) is 0 Å². The summed E-state index contributed by atoms with van der Waals surface area (Å²) in [6.07, 6.45) is 46.3. The van der Waals surface area contributed by atoms with Gasteiger partial charge in [-0.1, -0.05) is 251 Å². The summed E-state index contributed by atoms with van der Waals surface area (Å²) in [6, 6.07) is 0. The molecule has 0 aromatic heterocycles. The summed E-state index contributed by atoms with van der Waals surface area (Å²) in [6.45, 7) is 35.9. The van der Waals surface area contributed by atoms with Crippen LogP contribution < -0.4 is 5.32 Å². The summed E-state index contributed by atoms with van der Waals surface area (Å²) in [5.41, 5.74) is 0. The number of methoxy groups -OCH3 is 1. The van der Waals surface area contributed by atoms with Crippen LogP contribution in [0.2, 0.25) is 0 Å². The first kappa shape index (κ1) is 96.7. The van der Waals surface area contributed by atoms with Crippen LogP contribution in [0.5, 0.6) is 0 Å². The molecule has 1 saturated heterocycles. The van der Waals surface area contributed by atoms with Gasteiger partial charge in [0.15, 0.2) is 0 Å². The second-order valence-electron chi connectivity index (χ2n) is 27.8. The van der Waals surface area contributed by atoms with Gasteiger partial charge in [0.05, 0.1) is 5.92 Å². The summed E-state index contributed by atoms with van der Waals surface area (Å²) in [5.74, 6) is 5.72. The Balaban J connectivity index is -0.000000778. The van der Waals surface area contributed by atoms with Gasteiger partial charge in [0.2, 0.25) is 0 Å². The van der Waals surface area contributed by atoms with Gasteiger partial charge in [0.1, 0.15) is 38.8 Å². The minimum atomic E-state index is -0.577. The van der Waals surface area contributed by atoms with Gasteiger partial charge < -0.3 is 43.4 Å². The minimum absolute atomic E-state index is 0.0318. The fourth-order valence-electron chi connectivity index (χ4n) is 11.0. The fourth-order valence-corrected chi connectivity index (χ4v) is 11.0. The number of aldehydes is 1. The number of nitrogens with zero attached hydrogens (tertiary/aromatic N) is 1. The number of esters is 4. The number of rotatable bonds is 57. The third-order valence-corrected chi connectivity index (χ3v) is 17.3. The van der Waals surface area contributed by atoms with Crippen molar-refractivity contribution < 1.29 is 57.2 Å². The number of hydrogen-bond donors (Lipinski definition) is 1. The number of unbranched alkanes of at least 4 members (excludes halogenated alkanes) is 12. The van der Waals surface area contributed by atoms with E-state index in [4.69, 9.17) is 30.1 Å². The number of terminal acetylenes is 1. The molecule has 6 atom stereocenters. The molecule has 14 nitrogen and oxygen atoms in total. The van der Waals surface area contributed by atoms with Crippen LogP contribution in [-0.2, 0) is 52.4 Å². The standard InChI is InChI=1S/C39H64N2O11.2C18H38.C3H8O.C2H6/c1-3-5-7-11-18-34(52-39(47)40-24-27-41-25-15-16-26-41)22-23-38(46)51-32-33(30-49-36(44)20-12-8-9-17-28-42)31-50-37(45)21-14-10-13-19-35(43)48-29-6-4-2;2*1-6-7-8-12-17(4)14-10-15-18(5)13-9-11-16(2)3;1-3-4-2;1-2/h2,28,33-34H,3,5-27,29-32H2,1H3,(H,40,47);2*16-18H,6-15H2,1-5H3;3H2,1-2H3;1-2H3. The van der Waals surface area contributed by atoms with Crippen LogP contribution in [0.1, 0.15) is 354 Å². The lowest BCUT2D eigenvalue weighted by Gasteiger charge is -2.20. The van der Waals surface area contributed by atoms with Gasteiger partial charge >= 0.3 is 30.0 Å². The van der Waals surface area contributed by atoms with E-state index in [0.29, 0.717) is 64.3 Å². The molecule has 14 heteroatoms. The van der Waals surface area contributed by atoms with Gasteiger partial charge in [-0.2, -0.15) is 0 Å². The van der Waals surface area contributed by atoms with Crippen LogP contribution in [0, 0.1) is 53.8 Å². The van der Waals surface area contributed by atoms with E-state index < -0.39 is 36.0 Å². The fraction of sp³-hybridized carbons (Fsp3) is 0.900. The highest BCUT2D eigenvalue weighted by Gasteiger charge is 2.21. The molecule has 1 fully saturated rings. The molecule has 1 aliphatic heterocycles. The van der Waals surface area contributed by atoms with Crippen molar-refractivity contribution in [3.63, 3.8) is 0 Å². The zero-order valence-corrected chi connectivity index (χ0v) is 64.3. The highest BCUT2D eigenvalue weighted by atomic mass is 16.6. The third-order valence-electron chi connectivity index (χ3n) is 17.3. The summed E-state index contributed by atoms with van der Waals surface area (Å²) < 4.78 is 31.6. The lowest BCUT2D eigenvalue weighted by Crippen LogP contribution is -2.35. The molecule has 0 saturated carbocycles. The maximum atomic E-state index is 12.8. The van der Waals surface area contributed by atoms with Crippen LogP contribution >= 0.6 is 0 Å². The van der Waals surface area contributed by atoms with E-state index in [-0.39, 0.29) is 58.1 Å². The van der Waals surface area contributed by atoms with Crippen molar-refractivity contribution in [2.75, 3.05) is 66.3 Å². The summed E-state index contributed by atoms with van der Waals surface area (Å²) in [4.78, 5) is 74.5. The lowest BCUT2D eigenvalue weighted by molar-refractivity contribution is -0.154. The van der Waals surface area contributed by atoms with Crippen LogP contribution in [-0.4, -0.2) is 114 Å². The number of carbonyl (C=O) groups excluding carboxylic acids is 6. The molecule has 0 aliphatic carbocycles. The van der Waals surface area contributed by atoms with Crippen molar-refractivity contribution in [3.8, 4) is 12.3 Å². The maximum Gasteiger partial charge on any atom is 0.407 e. The molecule has 0 aromatic rings. The smallest absolute Gasteiger partial charge is 0.407 e. The molecule has 1 N–H and O–H groups in total. The Hall–Kier alpha value is -3.70. The molecule has 1 rings (SSSR count). The number of likely N-dealkylation sites (tertiary alicyclic amines) is 1. The maximum absolute atomic E-state index is 12.8. The van der Waals surface area contributed by atoms with Gasteiger partial charge in [-0.25, -0.2) is 4.79 Å². The van der Waals surface area contributed by atoms with E-state index in [1.807, 2.05) is 20.8 Å². The Morgan fingerprint density at radius 2 is 0.851 bits per heavy atom. The number of amides is 1. The Morgan fingerprint density at radius 3 is 1.26 bits per heavy atom. The molecule has 0 spiro atoms. The van der Waals surface area contributed by atoms with Crippen LogP contribution in [0.15, 0.2) is 0 Å². The van der Waals surface area contributed by atoms with Crippen LogP contribution in [0.3, 0.4) is 0 Å². The molecule has 556 valence electrons. The van der Waals surface area contributed by atoms with E-state index in [9.17, 15) is 28.8 Å². The number of ether oxygens (including phenoxy) is 6. The van der Waals surface area contributed by atoms with Crippen molar-refractivity contribution in [2.45, 2.75) is 360 Å². The van der Waals surface area contributed by atoms with E-state index in [2.05, 4.69) is 97.0 Å². The predicted octanol–water partition coefficient (Wildman–Crippen LogP) is 21.2. The van der Waals surface area contributed by atoms with Gasteiger partial charge in [-0.3, -0.25) is 19.2 Å². The highest BCUT2D eigenvalue weighted by molar-refractivity contribution is 5.71. The van der Waals surface area contributed by atoms with E-state index >= 15 is 0 Å².